The Labute approximate surface area is 312 Å². The Bertz CT molecular complexity index is 1190. The molecule has 6 nitrogen and oxygen atoms in total. The van der Waals surface area contributed by atoms with Crippen LogP contribution in [0, 0.1) is 10.8 Å². The fourth-order valence-electron chi connectivity index (χ4n) is 5.78. The molecule has 2 aromatic rings. The van der Waals surface area contributed by atoms with Crippen molar-refractivity contribution < 1.29 is 51.7 Å². The van der Waals surface area contributed by atoms with E-state index < -0.39 is 10.8 Å². The molecular formula is C42H64O6Ti. The zero-order valence-electron chi connectivity index (χ0n) is 31.8. The number of hydrogen-bond acceptors (Lipinski definition) is 6. The van der Waals surface area contributed by atoms with Gasteiger partial charge in [-0.25, -0.2) is 0 Å². The minimum Gasteiger partial charge on any atom is -0.512 e. The van der Waals surface area contributed by atoms with Gasteiger partial charge < -0.3 is 20.4 Å². The summed E-state index contributed by atoms with van der Waals surface area (Å²) in [4.78, 5) is 25.6. The second-order valence-corrected chi connectivity index (χ2v) is 15.8. The molecule has 2 saturated carbocycles. The average Bonchev–Trinajstić information content (AvgIpc) is 3.69. The number of hydrogen-bond donors (Lipinski definition) is 4. The van der Waals surface area contributed by atoms with Crippen LogP contribution in [0.3, 0.4) is 0 Å². The molecule has 0 atom stereocenters. The molecule has 0 unspecified atom stereocenters. The Hall–Kier alpha value is -2.51. The minimum absolute atomic E-state index is 0. The van der Waals surface area contributed by atoms with Gasteiger partial charge in [0, 0.05) is 56.9 Å². The number of benzene rings is 2. The summed E-state index contributed by atoms with van der Waals surface area (Å²) in [5, 5.41) is 36.3. The van der Waals surface area contributed by atoms with E-state index in [1.165, 1.54) is 12.2 Å². The van der Waals surface area contributed by atoms with Gasteiger partial charge in [0.1, 0.15) is 11.5 Å². The molecule has 4 rings (SSSR count). The molecule has 0 saturated heterocycles. The Morgan fingerprint density at radius 3 is 1.00 bits per heavy atom. The summed E-state index contributed by atoms with van der Waals surface area (Å²) < 4.78 is 0. The van der Waals surface area contributed by atoms with Gasteiger partial charge >= 0.3 is 0 Å². The zero-order chi connectivity index (χ0) is 36.8. The number of carbonyl (C=O) groups is 2. The van der Waals surface area contributed by atoms with E-state index in [1.54, 1.807) is 27.7 Å². The maximum absolute atomic E-state index is 12.8. The molecule has 0 heterocycles. The average molecular weight is 713 g/mol. The summed E-state index contributed by atoms with van der Waals surface area (Å²) in [6.45, 7) is 18.4. The van der Waals surface area contributed by atoms with Gasteiger partial charge in [0.05, 0.1) is 10.8 Å². The first-order valence-corrected chi connectivity index (χ1v) is 17.6. The molecule has 49 heavy (non-hydrogen) atoms. The smallest absolute Gasteiger partial charge is 0.169 e. The van der Waals surface area contributed by atoms with E-state index in [9.17, 15) is 19.8 Å². The standard InChI is InChI=1S/2C18H24O2.2C3H8O.Ti/c2*1-17(2,3)15(19)13-16(20)18(11-7-8-12-18)14-9-5-4-6-10-14;2*1-3(2)4;/h2*4-6,9-10,13,19H,7-8,11-12H2,1-3H3;2*3-4H,1-2H3;/b2*15-13-;;;. The summed E-state index contributed by atoms with van der Waals surface area (Å²) in [5.41, 5.74) is 0.542. The van der Waals surface area contributed by atoms with Crippen LogP contribution in [-0.4, -0.2) is 44.2 Å². The van der Waals surface area contributed by atoms with Gasteiger partial charge in [0.15, 0.2) is 11.6 Å². The molecule has 272 valence electrons. The third-order valence-electron chi connectivity index (χ3n) is 8.58. The molecule has 0 bridgehead atoms. The normalized spacial score (nSPS) is 17.0. The maximum Gasteiger partial charge on any atom is 0.169 e. The van der Waals surface area contributed by atoms with Crippen molar-refractivity contribution >= 4 is 11.6 Å². The first-order chi connectivity index (χ1) is 22.2. The van der Waals surface area contributed by atoms with Crippen LogP contribution in [0.1, 0.15) is 132 Å². The largest absolute Gasteiger partial charge is 0.512 e. The SMILES string of the molecule is CC(C)(C)/C(O)=C/C(=O)C1(c2ccccc2)CCCC1.CC(C)(C)/C(O)=C/C(=O)C1(c2ccccc2)CCCC1.CC(C)O.CC(C)O.[Ti]. The number of aliphatic hydroxyl groups excluding tert-OH is 4. The molecule has 0 radical (unpaired) electrons. The first-order valence-electron chi connectivity index (χ1n) is 17.6. The van der Waals surface area contributed by atoms with Gasteiger partial charge in [-0.2, -0.15) is 0 Å². The number of rotatable bonds is 6. The van der Waals surface area contributed by atoms with Gasteiger partial charge in [0.2, 0.25) is 0 Å². The predicted octanol–water partition coefficient (Wildman–Crippen LogP) is 9.88. The van der Waals surface area contributed by atoms with E-state index in [2.05, 4.69) is 0 Å². The van der Waals surface area contributed by atoms with E-state index in [1.807, 2.05) is 102 Å². The van der Waals surface area contributed by atoms with Crippen molar-refractivity contribution in [1.82, 2.24) is 0 Å². The van der Waals surface area contributed by atoms with E-state index in [-0.39, 0.29) is 67.8 Å². The first kappa shape index (κ1) is 46.5. The third-order valence-corrected chi connectivity index (χ3v) is 8.58. The minimum atomic E-state index is -0.430. The summed E-state index contributed by atoms with van der Waals surface area (Å²) in [6, 6.07) is 20.0. The number of allylic oxidation sites excluding steroid dienone is 4. The fraction of sp³-hybridized carbons (Fsp3) is 0.571. The van der Waals surface area contributed by atoms with E-state index in [0.717, 1.165) is 62.5 Å². The molecule has 7 heteroatoms. The Balaban J connectivity index is 0.000000759. The number of aliphatic hydroxyl groups is 4. The van der Waals surface area contributed by atoms with Crippen LogP contribution in [0.15, 0.2) is 84.3 Å². The molecule has 0 aromatic heterocycles. The van der Waals surface area contributed by atoms with Crippen molar-refractivity contribution in [2.24, 2.45) is 10.8 Å². The van der Waals surface area contributed by atoms with Crippen molar-refractivity contribution in [3.8, 4) is 0 Å². The van der Waals surface area contributed by atoms with Gasteiger partial charge in [-0.3, -0.25) is 9.59 Å². The topological polar surface area (TPSA) is 115 Å². The zero-order valence-corrected chi connectivity index (χ0v) is 33.4. The molecule has 2 aliphatic carbocycles. The molecule has 2 fully saturated rings. The summed E-state index contributed by atoms with van der Waals surface area (Å²) in [7, 11) is 0. The second-order valence-electron chi connectivity index (χ2n) is 15.8. The second kappa shape index (κ2) is 21.0. The molecule has 2 aliphatic rings. The molecule has 0 spiro atoms. The molecule has 4 N–H and O–H groups in total. The monoisotopic (exact) mass is 712 g/mol. The van der Waals surface area contributed by atoms with Crippen molar-refractivity contribution in [3.05, 3.63) is 95.5 Å². The van der Waals surface area contributed by atoms with Crippen molar-refractivity contribution in [2.75, 3.05) is 0 Å². The van der Waals surface area contributed by atoms with Crippen LogP contribution in [0.25, 0.3) is 0 Å². The Kier molecular flexibility index (Phi) is 19.9. The van der Waals surface area contributed by atoms with Gasteiger partial charge in [0.25, 0.3) is 0 Å². The van der Waals surface area contributed by atoms with E-state index >= 15 is 0 Å². The third kappa shape index (κ3) is 15.1. The molecule has 2 aromatic carbocycles. The molecule has 0 aliphatic heterocycles. The fourth-order valence-corrected chi connectivity index (χ4v) is 5.78. The van der Waals surface area contributed by atoms with Crippen LogP contribution < -0.4 is 0 Å². The van der Waals surface area contributed by atoms with E-state index in [0.29, 0.717) is 0 Å². The summed E-state index contributed by atoms with van der Waals surface area (Å²) in [6.07, 6.45) is 10.4. The van der Waals surface area contributed by atoms with Crippen LogP contribution in [-0.2, 0) is 42.1 Å². The van der Waals surface area contributed by atoms with Crippen LogP contribution in [0.2, 0.25) is 0 Å². The van der Waals surface area contributed by atoms with Crippen molar-refractivity contribution in [3.63, 3.8) is 0 Å². The van der Waals surface area contributed by atoms with Gasteiger partial charge in [-0.05, 0) is 64.5 Å². The van der Waals surface area contributed by atoms with Crippen LogP contribution >= 0.6 is 0 Å². The Morgan fingerprint density at radius 2 is 0.796 bits per heavy atom. The van der Waals surface area contributed by atoms with Crippen LogP contribution in [0.5, 0.6) is 0 Å². The van der Waals surface area contributed by atoms with Gasteiger partial charge in [-0.15, -0.1) is 0 Å². The summed E-state index contributed by atoms with van der Waals surface area (Å²) >= 11 is 0. The quantitative estimate of drug-likeness (QED) is 0.135. The van der Waals surface area contributed by atoms with Crippen LogP contribution in [0.4, 0.5) is 0 Å². The molecule has 0 amide bonds. The van der Waals surface area contributed by atoms with E-state index in [4.69, 9.17) is 10.2 Å². The maximum atomic E-state index is 12.8. The Morgan fingerprint density at radius 1 is 0.571 bits per heavy atom. The van der Waals surface area contributed by atoms with Gasteiger partial charge in [-0.1, -0.05) is 128 Å². The predicted molar refractivity (Wildman–Crippen MR) is 198 cm³/mol. The number of ketones is 2. The summed E-state index contributed by atoms with van der Waals surface area (Å²) in [5.74, 6) is 0.441. The van der Waals surface area contributed by atoms with Crippen molar-refractivity contribution in [1.29, 1.82) is 0 Å². The van der Waals surface area contributed by atoms with Crippen molar-refractivity contribution in [2.45, 2.75) is 144 Å². The molecular weight excluding hydrogens is 648 g/mol. The number of carbonyl (C=O) groups excluding carboxylic acids is 2.